The minimum atomic E-state index is -1.33. The second kappa shape index (κ2) is 13.4. The van der Waals surface area contributed by atoms with Crippen LogP contribution < -0.4 is 0 Å². The van der Waals surface area contributed by atoms with Crippen LogP contribution in [0.5, 0.6) is 0 Å². The van der Waals surface area contributed by atoms with Gasteiger partial charge in [0.1, 0.15) is 22.6 Å². The number of rotatable bonds is 10. The van der Waals surface area contributed by atoms with Crippen LogP contribution in [0.2, 0.25) is 10.0 Å². The molecule has 0 amide bonds. The first-order valence-corrected chi connectivity index (χ1v) is 14.7. The molecule has 236 valence electrons. The Morgan fingerprint density at radius 2 is 1.04 bits per heavy atom. The molecule has 11 heteroatoms. The third-order valence-corrected chi connectivity index (χ3v) is 6.76. The maximum atomic E-state index is 13.3. The van der Waals surface area contributed by atoms with Gasteiger partial charge in [-0.05, 0) is 53.7 Å². The van der Waals surface area contributed by atoms with E-state index in [4.69, 9.17) is 46.5 Å². The lowest BCUT2D eigenvalue weighted by molar-refractivity contribution is -0.153. The molecule has 2 aromatic carbocycles. The van der Waals surface area contributed by atoms with Gasteiger partial charge in [0, 0.05) is 23.3 Å². The molecular weight excluding hydrogens is 619 g/mol. The van der Waals surface area contributed by atoms with Crippen molar-refractivity contribution in [1.29, 1.82) is 0 Å². The summed E-state index contributed by atoms with van der Waals surface area (Å²) in [5, 5.41) is 9.17. The van der Waals surface area contributed by atoms with E-state index >= 15 is 0 Å². The van der Waals surface area contributed by atoms with Crippen molar-refractivity contribution in [3.63, 3.8) is 0 Å². The van der Waals surface area contributed by atoms with E-state index in [-0.39, 0.29) is 22.7 Å². The summed E-state index contributed by atoms with van der Waals surface area (Å²) in [6.07, 6.45) is -2.66. The second-order valence-corrected chi connectivity index (χ2v) is 13.0. The van der Waals surface area contributed by atoms with Crippen LogP contribution in [-0.2, 0) is 23.8 Å². The number of carbonyl (C=O) groups is 2. The Morgan fingerprint density at radius 3 is 1.38 bits per heavy atom. The van der Waals surface area contributed by atoms with Crippen molar-refractivity contribution >= 4 is 35.1 Å². The van der Waals surface area contributed by atoms with E-state index in [0.717, 1.165) is 0 Å². The monoisotopic (exact) mass is 652 g/mol. The summed E-state index contributed by atoms with van der Waals surface area (Å²) >= 11 is 12.8. The third-order valence-electron chi connectivity index (χ3n) is 6.10. The largest absolute Gasteiger partial charge is 0.457 e. The molecular formula is C34H34Cl2N2O7. The Labute approximate surface area is 271 Å². The Morgan fingerprint density at radius 1 is 0.689 bits per heavy atom. The van der Waals surface area contributed by atoms with Crippen molar-refractivity contribution < 1.29 is 32.8 Å². The predicted molar refractivity (Wildman–Crippen MR) is 170 cm³/mol. The highest BCUT2D eigenvalue weighted by Gasteiger charge is 2.37. The van der Waals surface area contributed by atoms with Crippen molar-refractivity contribution in [2.24, 2.45) is 0 Å². The van der Waals surface area contributed by atoms with Gasteiger partial charge in [0.05, 0.1) is 21.2 Å². The Kier molecular flexibility index (Phi) is 10.1. The number of carbonyl (C=O) groups excluding carboxylic acids is 2. The van der Waals surface area contributed by atoms with E-state index in [1.165, 1.54) is 0 Å². The lowest BCUT2D eigenvalue weighted by atomic mass is 10.0. The third kappa shape index (κ3) is 8.51. The molecule has 0 aliphatic carbocycles. The fraction of sp³-hybridized carbons (Fsp3) is 0.294. The summed E-state index contributed by atoms with van der Waals surface area (Å²) in [7, 11) is 0. The van der Waals surface area contributed by atoms with E-state index in [2.05, 4.69) is 23.5 Å². The molecule has 0 saturated heterocycles. The molecule has 2 atom stereocenters. The SMILES string of the molecule is C=C(C(=O)OC(C)(C)C)C(OC(C(=C)C(=O)OC(C)(C)C)c1cc(-c2ccccc2Cl)no1)c1cc(-c2ccccc2Cl)no1. The van der Waals surface area contributed by atoms with Crippen LogP contribution in [0.4, 0.5) is 0 Å². The zero-order chi connectivity index (χ0) is 33.1. The van der Waals surface area contributed by atoms with Gasteiger partial charge in [0.2, 0.25) is 0 Å². The number of aromatic nitrogens is 2. The van der Waals surface area contributed by atoms with E-state index in [0.29, 0.717) is 32.6 Å². The molecule has 4 rings (SSSR count). The maximum absolute atomic E-state index is 13.3. The topological polar surface area (TPSA) is 114 Å². The Balaban J connectivity index is 1.80. The van der Waals surface area contributed by atoms with Gasteiger partial charge in [0.15, 0.2) is 23.7 Å². The van der Waals surface area contributed by atoms with Crippen molar-refractivity contribution in [3.05, 3.63) is 107 Å². The van der Waals surface area contributed by atoms with Gasteiger partial charge in [-0.15, -0.1) is 0 Å². The molecule has 0 bridgehead atoms. The average molecular weight is 654 g/mol. The highest BCUT2D eigenvalue weighted by Crippen LogP contribution is 2.40. The molecule has 2 unspecified atom stereocenters. The van der Waals surface area contributed by atoms with Gasteiger partial charge in [-0.1, -0.05) is 83.1 Å². The van der Waals surface area contributed by atoms with Crippen molar-refractivity contribution in [1.82, 2.24) is 10.3 Å². The molecule has 0 fully saturated rings. The van der Waals surface area contributed by atoms with Crippen LogP contribution in [0.1, 0.15) is 65.3 Å². The Bertz CT molecular complexity index is 1600. The van der Waals surface area contributed by atoms with Crippen molar-refractivity contribution in [2.75, 3.05) is 0 Å². The first-order valence-electron chi connectivity index (χ1n) is 14.0. The number of esters is 2. The molecule has 4 aromatic rings. The van der Waals surface area contributed by atoms with Crippen LogP contribution in [0.25, 0.3) is 22.5 Å². The lowest BCUT2D eigenvalue weighted by Gasteiger charge is -2.27. The van der Waals surface area contributed by atoms with Crippen LogP contribution in [0, 0.1) is 0 Å². The highest BCUT2D eigenvalue weighted by atomic mass is 35.5. The second-order valence-electron chi connectivity index (χ2n) is 12.1. The standard InChI is InChI=1S/C34H34Cl2N2O7/c1-19(31(39)42-33(3,4)5)29(27-17-25(37-44-27)21-13-9-11-15-23(21)35)41-30(20(2)32(40)43-34(6,7)8)28-18-26(38-45-28)22-14-10-12-16-24(22)36/h9-18,29-30H,1-2H2,3-8H3. The van der Waals surface area contributed by atoms with Crippen molar-refractivity contribution in [2.45, 2.75) is 65.0 Å². The van der Waals surface area contributed by atoms with Crippen LogP contribution >= 0.6 is 23.2 Å². The molecule has 2 aromatic heterocycles. The quantitative estimate of drug-likeness (QED) is 0.122. The van der Waals surface area contributed by atoms with E-state index in [9.17, 15) is 9.59 Å². The highest BCUT2D eigenvalue weighted by molar-refractivity contribution is 6.33. The summed E-state index contributed by atoms with van der Waals surface area (Å²) in [6.45, 7) is 18.2. The van der Waals surface area contributed by atoms with Gasteiger partial charge >= 0.3 is 11.9 Å². The minimum Gasteiger partial charge on any atom is -0.457 e. The summed E-state index contributed by atoms with van der Waals surface area (Å²) in [5.41, 5.74) is -0.0327. The molecule has 0 spiro atoms. The first-order chi connectivity index (χ1) is 21.0. The first kappa shape index (κ1) is 33.7. The summed E-state index contributed by atoms with van der Waals surface area (Å²) < 4.78 is 29.0. The summed E-state index contributed by atoms with van der Waals surface area (Å²) in [4.78, 5) is 26.6. The normalized spacial score (nSPS) is 13.2. The zero-order valence-corrected chi connectivity index (χ0v) is 27.4. The van der Waals surface area contributed by atoms with Crippen LogP contribution in [-0.4, -0.2) is 33.5 Å². The van der Waals surface area contributed by atoms with E-state index < -0.39 is 35.3 Å². The number of ether oxygens (including phenoxy) is 3. The van der Waals surface area contributed by atoms with Gasteiger partial charge in [-0.3, -0.25) is 0 Å². The van der Waals surface area contributed by atoms with Crippen molar-refractivity contribution in [3.8, 4) is 22.5 Å². The van der Waals surface area contributed by atoms with Crippen LogP contribution in [0.3, 0.4) is 0 Å². The minimum absolute atomic E-state index is 0.0774. The smallest absolute Gasteiger partial charge is 0.337 e. The average Bonchev–Trinajstić information content (AvgIpc) is 3.62. The molecule has 0 aliphatic heterocycles. The van der Waals surface area contributed by atoms with E-state index in [1.807, 2.05) is 0 Å². The Hall–Kier alpha value is -4.18. The van der Waals surface area contributed by atoms with Gasteiger partial charge in [0.25, 0.3) is 0 Å². The fourth-order valence-electron chi connectivity index (χ4n) is 4.10. The molecule has 0 N–H and O–H groups in total. The van der Waals surface area contributed by atoms with Gasteiger partial charge < -0.3 is 23.3 Å². The summed E-state index contributed by atoms with van der Waals surface area (Å²) in [5.74, 6) is -1.37. The molecule has 0 aliphatic rings. The van der Waals surface area contributed by atoms with Crippen LogP contribution in [0.15, 0.2) is 94.0 Å². The predicted octanol–water partition coefficient (Wildman–Crippen LogP) is 8.90. The number of nitrogens with zero attached hydrogens (tertiary/aromatic N) is 2. The number of halogens is 2. The fourth-order valence-corrected chi connectivity index (χ4v) is 4.56. The molecule has 2 heterocycles. The summed E-state index contributed by atoms with van der Waals surface area (Å²) in [6, 6.07) is 17.2. The van der Waals surface area contributed by atoms with E-state index in [1.54, 1.807) is 102 Å². The number of hydrogen-bond acceptors (Lipinski definition) is 9. The zero-order valence-electron chi connectivity index (χ0n) is 25.9. The molecule has 45 heavy (non-hydrogen) atoms. The molecule has 0 saturated carbocycles. The number of benzene rings is 2. The molecule has 9 nitrogen and oxygen atoms in total. The number of hydrogen-bond donors (Lipinski definition) is 0. The maximum Gasteiger partial charge on any atom is 0.337 e. The molecule has 0 radical (unpaired) electrons. The van der Waals surface area contributed by atoms with Gasteiger partial charge in [-0.2, -0.15) is 0 Å². The van der Waals surface area contributed by atoms with Gasteiger partial charge in [-0.25, -0.2) is 9.59 Å². The lowest BCUT2D eigenvalue weighted by Crippen LogP contribution is -2.29.